The number of carbonyl (C=O) groups is 2. The number of nitrogens with zero attached hydrogens (tertiary/aromatic N) is 1. The van der Waals surface area contributed by atoms with Gasteiger partial charge in [0.25, 0.3) is 5.91 Å². The Morgan fingerprint density at radius 2 is 2.00 bits per heavy atom. The minimum atomic E-state index is -0.572. The molecule has 0 saturated carbocycles. The number of anilines is 2. The monoisotopic (exact) mass is 287 g/mol. The molecule has 6 nitrogen and oxygen atoms in total. The number of hydrogen-bond acceptors (Lipinski definition) is 4. The van der Waals surface area contributed by atoms with E-state index in [1.165, 1.54) is 6.07 Å². The van der Waals surface area contributed by atoms with E-state index in [-0.39, 0.29) is 6.61 Å². The molecular weight excluding hydrogens is 270 g/mol. The summed E-state index contributed by atoms with van der Waals surface area (Å²) in [5.41, 5.74) is 7.12. The van der Waals surface area contributed by atoms with Crippen molar-refractivity contribution in [3.63, 3.8) is 0 Å². The smallest absolute Gasteiger partial charge is 0.355 e. The molecule has 0 spiro atoms. The Morgan fingerprint density at radius 1 is 1.29 bits per heavy atom. The van der Waals surface area contributed by atoms with Crippen LogP contribution in [-0.4, -0.2) is 23.1 Å². The van der Waals surface area contributed by atoms with Gasteiger partial charge in [-0.25, -0.2) is 4.79 Å². The molecule has 0 aliphatic heterocycles. The lowest BCUT2D eigenvalue weighted by Crippen LogP contribution is -2.22. The number of rotatable bonds is 5. The highest BCUT2D eigenvalue weighted by Gasteiger charge is 2.15. The van der Waals surface area contributed by atoms with E-state index in [1.807, 2.05) is 13.0 Å². The van der Waals surface area contributed by atoms with Crippen molar-refractivity contribution in [2.75, 3.05) is 17.7 Å². The van der Waals surface area contributed by atoms with Gasteiger partial charge in [0.05, 0.1) is 5.69 Å². The third-order valence-electron chi connectivity index (χ3n) is 2.86. The normalized spacial score (nSPS) is 10.1. The molecule has 0 aliphatic rings. The summed E-state index contributed by atoms with van der Waals surface area (Å²) in [5, 5.41) is 2.63. The number of esters is 1. The second-order valence-corrected chi connectivity index (χ2v) is 4.44. The van der Waals surface area contributed by atoms with Gasteiger partial charge in [-0.2, -0.15) is 0 Å². The molecule has 6 heteroatoms. The van der Waals surface area contributed by atoms with Gasteiger partial charge in [0.15, 0.2) is 6.61 Å². The van der Waals surface area contributed by atoms with Crippen molar-refractivity contribution in [2.24, 2.45) is 0 Å². The fourth-order valence-electron chi connectivity index (χ4n) is 1.89. The second-order valence-electron chi connectivity index (χ2n) is 4.44. The first kappa shape index (κ1) is 14.6. The molecule has 3 N–H and O–H groups in total. The highest BCUT2D eigenvalue weighted by molar-refractivity contribution is 5.95. The molecule has 0 fully saturated rings. The summed E-state index contributed by atoms with van der Waals surface area (Å²) in [6.07, 6.45) is 1.65. The molecule has 1 aromatic carbocycles. The molecular formula is C15H17N3O3. The number of hydrogen-bond donors (Lipinski definition) is 2. The van der Waals surface area contributed by atoms with Crippen LogP contribution < -0.4 is 11.1 Å². The summed E-state index contributed by atoms with van der Waals surface area (Å²) < 4.78 is 6.66. The van der Waals surface area contributed by atoms with E-state index in [2.05, 4.69) is 5.32 Å². The number of para-hydroxylation sites is 1. The van der Waals surface area contributed by atoms with Gasteiger partial charge in [-0.15, -0.1) is 0 Å². The van der Waals surface area contributed by atoms with Crippen LogP contribution >= 0.6 is 0 Å². The van der Waals surface area contributed by atoms with Gasteiger partial charge in [0, 0.05) is 18.4 Å². The predicted molar refractivity (Wildman–Crippen MR) is 79.9 cm³/mol. The molecule has 1 heterocycles. The summed E-state index contributed by atoms with van der Waals surface area (Å²) in [5.74, 6) is -0.964. The molecule has 1 amide bonds. The van der Waals surface area contributed by atoms with Crippen molar-refractivity contribution in [3.05, 3.63) is 48.3 Å². The lowest BCUT2D eigenvalue weighted by atomic mass is 10.3. The van der Waals surface area contributed by atoms with E-state index in [0.717, 1.165) is 0 Å². The highest BCUT2D eigenvalue weighted by atomic mass is 16.5. The van der Waals surface area contributed by atoms with Gasteiger partial charge in [-0.3, -0.25) is 4.79 Å². The Labute approximate surface area is 122 Å². The molecule has 0 bridgehead atoms. The van der Waals surface area contributed by atoms with E-state index in [0.29, 0.717) is 23.6 Å². The molecule has 0 radical (unpaired) electrons. The van der Waals surface area contributed by atoms with E-state index in [9.17, 15) is 9.59 Å². The quantitative estimate of drug-likeness (QED) is 0.822. The van der Waals surface area contributed by atoms with Crippen molar-refractivity contribution < 1.29 is 14.3 Å². The van der Waals surface area contributed by atoms with Crippen molar-refractivity contribution in [1.82, 2.24) is 4.57 Å². The predicted octanol–water partition coefficient (Wildman–Crippen LogP) is 1.89. The average molecular weight is 287 g/mol. The Balaban J connectivity index is 1.90. The summed E-state index contributed by atoms with van der Waals surface area (Å²) in [6.45, 7) is 2.14. The molecule has 0 atom stereocenters. The first-order valence-corrected chi connectivity index (χ1v) is 6.58. The molecule has 1 aromatic heterocycles. The van der Waals surface area contributed by atoms with E-state index >= 15 is 0 Å². The van der Waals surface area contributed by atoms with Gasteiger partial charge in [-0.05, 0) is 25.1 Å². The lowest BCUT2D eigenvalue weighted by Gasteiger charge is -2.08. The number of amides is 1. The van der Waals surface area contributed by atoms with Crippen LogP contribution in [0.3, 0.4) is 0 Å². The zero-order valence-electron chi connectivity index (χ0n) is 11.7. The SMILES string of the molecule is CCn1cc(N)cc1C(=O)OCC(=O)Nc1ccccc1. The number of ether oxygens (including phenoxy) is 1. The number of nitrogens with two attached hydrogens (primary N) is 1. The second kappa shape index (κ2) is 6.60. The van der Waals surface area contributed by atoms with E-state index in [1.54, 1.807) is 35.0 Å². The van der Waals surface area contributed by atoms with Gasteiger partial charge >= 0.3 is 5.97 Å². The van der Waals surface area contributed by atoms with Crippen molar-refractivity contribution >= 4 is 23.3 Å². The maximum atomic E-state index is 11.9. The van der Waals surface area contributed by atoms with Crippen molar-refractivity contribution in [2.45, 2.75) is 13.5 Å². The molecule has 0 unspecified atom stereocenters. The molecule has 2 rings (SSSR count). The van der Waals surface area contributed by atoms with Gasteiger partial charge in [-0.1, -0.05) is 18.2 Å². The van der Waals surface area contributed by atoms with E-state index < -0.39 is 11.9 Å². The summed E-state index contributed by atoms with van der Waals surface area (Å²) in [4.78, 5) is 23.6. The van der Waals surface area contributed by atoms with Crippen LogP contribution in [0.2, 0.25) is 0 Å². The van der Waals surface area contributed by atoms with Crippen LogP contribution in [0.1, 0.15) is 17.4 Å². The summed E-state index contributed by atoms with van der Waals surface area (Å²) in [6, 6.07) is 10.5. The zero-order chi connectivity index (χ0) is 15.2. The van der Waals surface area contributed by atoms with Crippen LogP contribution in [0, 0.1) is 0 Å². The molecule has 110 valence electrons. The number of nitrogens with one attached hydrogen (secondary N) is 1. The maximum Gasteiger partial charge on any atom is 0.355 e. The zero-order valence-corrected chi connectivity index (χ0v) is 11.7. The molecule has 0 saturated heterocycles. The van der Waals surface area contributed by atoms with Crippen LogP contribution in [0.4, 0.5) is 11.4 Å². The van der Waals surface area contributed by atoms with Crippen molar-refractivity contribution in [3.8, 4) is 0 Å². The first-order valence-electron chi connectivity index (χ1n) is 6.58. The number of aryl methyl sites for hydroxylation is 1. The standard InChI is InChI=1S/C15H17N3O3/c1-2-18-9-11(16)8-13(18)15(20)21-10-14(19)17-12-6-4-3-5-7-12/h3-9H,2,10,16H2,1H3,(H,17,19). The minimum absolute atomic E-state index is 0.336. The highest BCUT2D eigenvalue weighted by Crippen LogP contribution is 2.12. The Kier molecular flexibility index (Phi) is 4.61. The van der Waals surface area contributed by atoms with E-state index in [4.69, 9.17) is 10.5 Å². The third-order valence-corrected chi connectivity index (χ3v) is 2.86. The average Bonchev–Trinajstić information content (AvgIpc) is 2.87. The Hall–Kier alpha value is -2.76. The summed E-state index contributed by atoms with van der Waals surface area (Å²) in [7, 11) is 0. The summed E-state index contributed by atoms with van der Waals surface area (Å²) >= 11 is 0. The topological polar surface area (TPSA) is 86.3 Å². The Bertz CT molecular complexity index is 635. The largest absolute Gasteiger partial charge is 0.451 e. The fraction of sp³-hybridized carbons (Fsp3) is 0.200. The maximum absolute atomic E-state index is 11.9. The van der Waals surface area contributed by atoms with Crippen LogP contribution in [0.15, 0.2) is 42.6 Å². The van der Waals surface area contributed by atoms with Crippen LogP contribution in [0.25, 0.3) is 0 Å². The van der Waals surface area contributed by atoms with Crippen molar-refractivity contribution in [1.29, 1.82) is 0 Å². The number of benzene rings is 1. The third kappa shape index (κ3) is 3.85. The lowest BCUT2D eigenvalue weighted by molar-refractivity contribution is -0.119. The van der Waals surface area contributed by atoms with Gasteiger partial charge < -0.3 is 20.4 Å². The van der Waals surface area contributed by atoms with Crippen LogP contribution in [-0.2, 0) is 16.1 Å². The van der Waals surface area contributed by atoms with Gasteiger partial charge in [0.2, 0.25) is 0 Å². The number of carbonyl (C=O) groups excluding carboxylic acids is 2. The number of nitrogen functional groups attached to an aromatic ring is 1. The molecule has 2 aromatic rings. The fourth-order valence-corrected chi connectivity index (χ4v) is 1.89. The van der Waals surface area contributed by atoms with Crippen LogP contribution in [0.5, 0.6) is 0 Å². The number of aromatic nitrogens is 1. The minimum Gasteiger partial charge on any atom is -0.451 e. The Morgan fingerprint density at radius 3 is 2.67 bits per heavy atom. The molecule has 21 heavy (non-hydrogen) atoms. The first-order chi connectivity index (χ1) is 10.1. The van der Waals surface area contributed by atoms with Gasteiger partial charge in [0.1, 0.15) is 5.69 Å². The molecule has 0 aliphatic carbocycles.